The maximum absolute atomic E-state index is 13.8. The van der Waals surface area contributed by atoms with Crippen molar-refractivity contribution in [2.45, 2.75) is 6.61 Å². The van der Waals surface area contributed by atoms with Crippen molar-refractivity contribution in [1.82, 2.24) is 14.9 Å². The van der Waals surface area contributed by atoms with Gasteiger partial charge in [0.05, 0.1) is 22.8 Å². The van der Waals surface area contributed by atoms with Gasteiger partial charge in [-0.1, -0.05) is 35.9 Å². The number of nitriles is 1. The van der Waals surface area contributed by atoms with Gasteiger partial charge < -0.3 is 9.80 Å². The third-order valence-electron chi connectivity index (χ3n) is 5.82. The van der Waals surface area contributed by atoms with Gasteiger partial charge in [-0.2, -0.15) is 10.3 Å². The van der Waals surface area contributed by atoms with Crippen molar-refractivity contribution in [1.29, 1.82) is 5.26 Å². The lowest BCUT2D eigenvalue weighted by Crippen LogP contribution is -2.46. The first-order chi connectivity index (χ1) is 16.9. The molecule has 0 aliphatic carbocycles. The predicted molar refractivity (Wildman–Crippen MR) is 132 cm³/mol. The Bertz CT molecular complexity index is 1270. The molecule has 1 aliphatic rings. The highest BCUT2D eigenvalue weighted by Gasteiger charge is 2.22. The number of halogens is 2. The van der Waals surface area contributed by atoms with Crippen LogP contribution in [0.3, 0.4) is 0 Å². The van der Waals surface area contributed by atoms with E-state index >= 15 is 0 Å². The summed E-state index contributed by atoms with van der Waals surface area (Å²) >= 11 is 6.35. The molecule has 4 rings (SSSR count). The van der Waals surface area contributed by atoms with Gasteiger partial charge in [0.1, 0.15) is 17.7 Å². The molecule has 180 valence electrons. The quantitative estimate of drug-likeness (QED) is 0.508. The highest BCUT2D eigenvalue weighted by atomic mass is 35.5. The van der Waals surface area contributed by atoms with Crippen LogP contribution in [0.15, 0.2) is 54.7 Å². The third-order valence-corrected chi connectivity index (χ3v) is 6.14. The summed E-state index contributed by atoms with van der Waals surface area (Å²) < 4.78 is 13.8. The van der Waals surface area contributed by atoms with Crippen molar-refractivity contribution in [2.24, 2.45) is 0 Å². The fourth-order valence-corrected chi connectivity index (χ4v) is 4.13. The molecule has 7 nitrogen and oxygen atoms in total. The molecule has 1 fully saturated rings. The molecule has 0 N–H and O–H groups in total. The van der Waals surface area contributed by atoms with E-state index in [1.165, 1.54) is 11.0 Å². The van der Waals surface area contributed by atoms with Gasteiger partial charge in [-0.25, -0.2) is 9.37 Å². The first-order valence-electron chi connectivity index (χ1n) is 11.2. The molecule has 1 saturated heterocycles. The second kappa shape index (κ2) is 10.8. The topological polar surface area (TPSA) is 72.7 Å². The molecular weight excluding hydrogens is 469 g/mol. The number of carbonyl (C=O) groups excluding carboxylic acids is 1. The Morgan fingerprint density at radius 3 is 2.54 bits per heavy atom. The fraction of sp³-hybridized carbons (Fsp3) is 0.269. The number of piperazine rings is 1. The average molecular weight is 494 g/mol. The normalized spacial score (nSPS) is 14.0. The molecule has 0 radical (unpaired) electrons. The number of nitrogens with zero attached hydrogens (tertiary/aromatic N) is 5. The van der Waals surface area contributed by atoms with Crippen molar-refractivity contribution < 1.29 is 14.0 Å². The van der Waals surface area contributed by atoms with E-state index < -0.39 is 0 Å². The summed E-state index contributed by atoms with van der Waals surface area (Å²) in [5.41, 5.74) is 2.89. The van der Waals surface area contributed by atoms with Crippen molar-refractivity contribution in [3.8, 4) is 17.2 Å². The Balaban J connectivity index is 1.43. The van der Waals surface area contributed by atoms with E-state index in [4.69, 9.17) is 16.4 Å². The van der Waals surface area contributed by atoms with Crippen LogP contribution in [0.2, 0.25) is 5.02 Å². The van der Waals surface area contributed by atoms with Gasteiger partial charge in [0.15, 0.2) is 0 Å². The van der Waals surface area contributed by atoms with Gasteiger partial charge in [0.25, 0.3) is 5.91 Å². The van der Waals surface area contributed by atoms with E-state index in [2.05, 4.69) is 11.1 Å². The lowest BCUT2D eigenvalue weighted by molar-refractivity contribution is -0.172. The number of rotatable bonds is 6. The lowest BCUT2D eigenvalue weighted by atomic mass is 10.0. The standard InChI is InChI=1S/C26H25ClFN5O2/c1-31(2)26(34)22-8-7-18(14-23(22)27)21-13-20(15-29)25(30-16-21)32-9-11-33(12-10-32)35-17-19-5-3-4-6-24(19)28/h3-8,13-14,16H,9-12,17H2,1-2H3. The van der Waals surface area contributed by atoms with Gasteiger partial charge in [0.2, 0.25) is 0 Å². The van der Waals surface area contributed by atoms with E-state index in [9.17, 15) is 14.4 Å². The third kappa shape index (κ3) is 5.60. The average Bonchev–Trinajstić information content (AvgIpc) is 2.87. The first-order valence-corrected chi connectivity index (χ1v) is 11.5. The highest BCUT2D eigenvalue weighted by molar-refractivity contribution is 6.34. The summed E-state index contributed by atoms with van der Waals surface area (Å²) in [5.74, 6) is 0.148. The summed E-state index contributed by atoms with van der Waals surface area (Å²) in [7, 11) is 3.34. The van der Waals surface area contributed by atoms with Crippen LogP contribution in [-0.4, -0.2) is 61.1 Å². The van der Waals surface area contributed by atoms with Gasteiger partial charge in [-0.05, 0) is 29.8 Å². The molecule has 0 bridgehead atoms. The van der Waals surface area contributed by atoms with Crippen molar-refractivity contribution in [2.75, 3.05) is 45.2 Å². The van der Waals surface area contributed by atoms with Crippen LogP contribution in [0.5, 0.6) is 0 Å². The summed E-state index contributed by atoms with van der Waals surface area (Å²) in [4.78, 5) is 26.1. The van der Waals surface area contributed by atoms with Gasteiger partial charge in [0, 0.05) is 57.6 Å². The Morgan fingerprint density at radius 2 is 1.89 bits per heavy atom. The van der Waals surface area contributed by atoms with Crippen LogP contribution in [0, 0.1) is 17.1 Å². The van der Waals surface area contributed by atoms with Gasteiger partial charge in [-0.15, -0.1) is 0 Å². The summed E-state index contributed by atoms with van der Waals surface area (Å²) in [6, 6.07) is 15.8. The fourth-order valence-electron chi connectivity index (χ4n) is 3.86. The summed E-state index contributed by atoms with van der Waals surface area (Å²) in [6.45, 7) is 2.60. The smallest absolute Gasteiger partial charge is 0.254 e. The molecule has 9 heteroatoms. The molecule has 0 unspecified atom stereocenters. The molecule has 0 atom stereocenters. The maximum atomic E-state index is 13.8. The molecular formula is C26H25ClFN5O2. The largest absolute Gasteiger partial charge is 0.353 e. The number of aromatic nitrogens is 1. The minimum absolute atomic E-state index is 0.171. The Labute approximate surface area is 208 Å². The molecule has 2 heterocycles. The van der Waals surface area contributed by atoms with Crippen LogP contribution >= 0.6 is 11.6 Å². The molecule has 2 aromatic carbocycles. The van der Waals surface area contributed by atoms with Crippen LogP contribution in [0.1, 0.15) is 21.5 Å². The van der Waals surface area contributed by atoms with Crippen molar-refractivity contribution >= 4 is 23.3 Å². The number of hydrogen-bond donors (Lipinski definition) is 0. The van der Waals surface area contributed by atoms with Crippen LogP contribution < -0.4 is 4.90 Å². The van der Waals surface area contributed by atoms with Crippen molar-refractivity contribution in [3.63, 3.8) is 0 Å². The van der Waals surface area contributed by atoms with E-state index in [-0.39, 0.29) is 18.3 Å². The first kappa shape index (κ1) is 24.6. The number of benzene rings is 2. The monoisotopic (exact) mass is 493 g/mol. The minimum Gasteiger partial charge on any atom is -0.353 e. The van der Waals surface area contributed by atoms with Crippen LogP contribution in [0.4, 0.5) is 10.2 Å². The Kier molecular flexibility index (Phi) is 7.61. The van der Waals surface area contributed by atoms with Gasteiger partial charge >= 0.3 is 0 Å². The summed E-state index contributed by atoms with van der Waals surface area (Å²) in [6.07, 6.45) is 1.70. The molecule has 1 aromatic heterocycles. The molecule has 0 saturated carbocycles. The SMILES string of the molecule is CN(C)C(=O)c1ccc(-c2cnc(N3CCN(OCc4ccccc4F)CC3)c(C#N)c2)cc1Cl. The predicted octanol–water partition coefficient (Wildman–Crippen LogP) is 4.37. The number of hydroxylamine groups is 2. The second-order valence-corrected chi connectivity index (χ2v) is 8.79. The van der Waals surface area contributed by atoms with Crippen LogP contribution in [0.25, 0.3) is 11.1 Å². The van der Waals surface area contributed by atoms with E-state index in [1.54, 1.807) is 62.8 Å². The Hall–Kier alpha value is -3.51. The number of pyridine rings is 1. The number of hydrogen-bond acceptors (Lipinski definition) is 6. The highest BCUT2D eigenvalue weighted by Crippen LogP contribution is 2.29. The number of carbonyl (C=O) groups is 1. The maximum Gasteiger partial charge on any atom is 0.254 e. The van der Waals surface area contributed by atoms with Crippen LogP contribution in [-0.2, 0) is 11.4 Å². The zero-order valence-electron chi connectivity index (χ0n) is 19.5. The molecule has 1 amide bonds. The lowest BCUT2D eigenvalue weighted by Gasteiger charge is -2.35. The zero-order chi connectivity index (χ0) is 24.9. The minimum atomic E-state index is -0.283. The summed E-state index contributed by atoms with van der Waals surface area (Å²) in [5, 5.41) is 11.9. The number of amides is 1. The molecule has 3 aromatic rings. The van der Waals surface area contributed by atoms with Crippen molar-refractivity contribution in [3.05, 3.63) is 82.3 Å². The molecule has 35 heavy (non-hydrogen) atoms. The van der Waals surface area contributed by atoms with E-state index in [1.807, 2.05) is 9.96 Å². The van der Waals surface area contributed by atoms with E-state index in [0.717, 1.165) is 11.1 Å². The molecule has 1 aliphatic heterocycles. The van der Waals surface area contributed by atoms with E-state index in [0.29, 0.717) is 53.7 Å². The second-order valence-electron chi connectivity index (χ2n) is 8.38. The van der Waals surface area contributed by atoms with Gasteiger partial charge in [-0.3, -0.25) is 9.63 Å². The molecule has 0 spiro atoms. The zero-order valence-corrected chi connectivity index (χ0v) is 20.3. The number of anilines is 1. The Morgan fingerprint density at radius 1 is 1.14 bits per heavy atom.